The molecule has 0 N–H and O–H groups in total. The zero-order valence-corrected chi connectivity index (χ0v) is 11.8. The first-order chi connectivity index (χ1) is 9.92. The van der Waals surface area contributed by atoms with Crippen molar-refractivity contribution in [2.45, 2.75) is 38.3 Å². The summed E-state index contributed by atoms with van der Waals surface area (Å²) in [7, 11) is 0. The molecule has 1 atom stereocenters. The highest BCUT2D eigenvalue weighted by molar-refractivity contribution is 5.11. The first kappa shape index (κ1) is 13.3. The lowest BCUT2D eigenvalue weighted by atomic mass is 10.0. The summed E-state index contributed by atoms with van der Waals surface area (Å²) in [4.78, 5) is 10.8. The van der Waals surface area contributed by atoms with Crippen molar-refractivity contribution in [2.75, 3.05) is 6.54 Å². The van der Waals surface area contributed by atoms with Crippen LogP contribution in [0.3, 0.4) is 0 Å². The number of aromatic nitrogens is 2. The minimum Gasteiger partial charge on any atom is -0.296 e. The molecule has 0 aromatic carbocycles. The fourth-order valence-corrected chi connectivity index (χ4v) is 3.04. The summed E-state index contributed by atoms with van der Waals surface area (Å²) in [6, 6.07) is 9.22. The van der Waals surface area contributed by atoms with Gasteiger partial charge >= 0.3 is 0 Å². The third kappa shape index (κ3) is 3.42. The largest absolute Gasteiger partial charge is 0.296 e. The summed E-state index contributed by atoms with van der Waals surface area (Å²) >= 11 is 0. The van der Waals surface area contributed by atoms with Gasteiger partial charge in [0.1, 0.15) is 0 Å². The molecule has 3 nitrogen and oxygen atoms in total. The number of pyridine rings is 2. The van der Waals surface area contributed by atoms with Crippen LogP contribution in [-0.2, 0) is 13.0 Å². The highest BCUT2D eigenvalue weighted by atomic mass is 15.2. The van der Waals surface area contributed by atoms with E-state index < -0.39 is 0 Å². The molecule has 0 spiro atoms. The monoisotopic (exact) mass is 267 g/mol. The van der Waals surface area contributed by atoms with Crippen LogP contribution in [0.15, 0.2) is 49.1 Å². The van der Waals surface area contributed by atoms with Crippen LogP contribution in [0.25, 0.3) is 0 Å². The third-order valence-corrected chi connectivity index (χ3v) is 4.15. The van der Waals surface area contributed by atoms with E-state index in [2.05, 4.69) is 39.1 Å². The molecule has 3 rings (SSSR count). The maximum absolute atomic E-state index is 4.09. The molecule has 20 heavy (non-hydrogen) atoms. The molecule has 2 aromatic rings. The van der Waals surface area contributed by atoms with E-state index in [0.29, 0.717) is 0 Å². The molecular formula is C17H21N3. The second-order valence-electron chi connectivity index (χ2n) is 5.52. The van der Waals surface area contributed by atoms with Gasteiger partial charge in [-0.2, -0.15) is 0 Å². The van der Waals surface area contributed by atoms with Gasteiger partial charge in [-0.1, -0.05) is 0 Å². The van der Waals surface area contributed by atoms with Gasteiger partial charge < -0.3 is 0 Å². The lowest BCUT2D eigenvalue weighted by molar-refractivity contribution is 0.234. The molecule has 2 aromatic heterocycles. The smallest absolute Gasteiger partial charge is 0.0271 e. The first-order valence-corrected chi connectivity index (χ1v) is 7.44. The van der Waals surface area contributed by atoms with Crippen LogP contribution in [0.1, 0.15) is 30.4 Å². The van der Waals surface area contributed by atoms with Gasteiger partial charge in [0.05, 0.1) is 0 Å². The Hall–Kier alpha value is -1.74. The van der Waals surface area contributed by atoms with Gasteiger partial charge in [0.25, 0.3) is 0 Å². The first-order valence-electron chi connectivity index (χ1n) is 7.44. The maximum atomic E-state index is 4.09. The van der Waals surface area contributed by atoms with E-state index >= 15 is 0 Å². The summed E-state index contributed by atoms with van der Waals surface area (Å²) < 4.78 is 0. The Bertz CT molecular complexity index is 512. The predicted octanol–water partition coefficient (Wildman–Crippen LogP) is 3.07. The molecule has 0 unspecified atom stereocenters. The second kappa shape index (κ2) is 6.62. The highest BCUT2D eigenvalue weighted by Crippen LogP contribution is 2.23. The lowest BCUT2D eigenvalue weighted by Crippen LogP contribution is -2.29. The predicted molar refractivity (Wildman–Crippen MR) is 80.2 cm³/mol. The average Bonchev–Trinajstić information content (AvgIpc) is 2.94. The number of rotatable bonds is 5. The van der Waals surface area contributed by atoms with Crippen LogP contribution in [0.2, 0.25) is 0 Å². The Morgan fingerprint density at radius 2 is 1.60 bits per heavy atom. The minimum atomic E-state index is 0.719. The maximum Gasteiger partial charge on any atom is 0.0271 e. The number of nitrogens with zero attached hydrogens (tertiary/aromatic N) is 3. The summed E-state index contributed by atoms with van der Waals surface area (Å²) in [5.74, 6) is 0. The van der Waals surface area contributed by atoms with Crippen molar-refractivity contribution >= 4 is 0 Å². The molecule has 0 radical (unpaired) electrons. The molecule has 3 heteroatoms. The van der Waals surface area contributed by atoms with Crippen molar-refractivity contribution < 1.29 is 0 Å². The molecule has 0 saturated carbocycles. The van der Waals surface area contributed by atoms with E-state index in [1.807, 2.05) is 24.8 Å². The Morgan fingerprint density at radius 3 is 2.30 bits per heavy atom. The van der Waals surface area contributed by atoms with Crippen molar-refractivity contribution in [2.24, 2.45) is 0 Å². The Balaban J connectivity index is 1.56. The molecule has 1 aliphatic heterocycles. The summed E-state index contributed by atoms with van der Waals surface area (Å²) in [5, 5.41) is 0. The van der Waals surface area contributed by atoms with Crippen LogP contribution in [0.4, 0.5) is 0 Å². The molecule has 3 heterocycles. The van der Waals surface area contributed by atoms with Crippen LogP contribution >= 0.6 is 0 Å². The Morgan fingerprint density at radius 1 is 0.950 bits per heavy atom. The van der Waals surface area contributed by atoms with Crippen molar-refractivity contribution in [3.63, 3.8) is 0 Å². The topological polar surface area (TPSA) is 29.0 Å². The normalized spacial score (nSPS) is 19.3. The second-order valence-corrected chi connectivity index (χ2v) is 5.52. The number of hydrogen-bond donors (Lipinski definition) is 0. The SMILES string of the molecule is c1cc(CC[C@H]2CCCN2Cc2ccncc2)ccn1. The molecule has 1 fully saturated rings. The van der Waals surface area contributed by atoms with E-state index in [1.54, 1.807) is 0 Å². The third-order valence-electron chi connectivity index (χ3n) is 4.15. The molecule has 0 aliphatic carbocycles. The van der Waals surface area contributed by atoms with Crippen molar-refractivity contribution in [1.29, 1.82) is 0 Å². The average molecular weight is 267 g/mol. The minimum absolute atomic E-state index is 0.719. The number of likely N-dealkylation sites (tertiary alicyclic amines) is 1. The molecule has 0 bridgehead atoms. The molecule has 1 aliphatic rings. The van der Waals surface area contributed by atoms with Crippen LogP contribution < -0.4 is 0 Å². The van der Waals surface area contributed by atoms with E-state index in [1.165, 1.54) is 36.9 Å². The van der Waals surface area contributed by atoms with Gasteiger partial charge in [0.15, 0.2) is 0 Å². The zero-order chi connectivity index (χ0) is 13.6. The zero-order valence-electron chi connectivity index (χ0n) is 11.8. The van der Waals surface area contributed by atoms with Gasteiger partial charge in [-0.3, -0.25) is 14.9 Å². The Kier molecular flexibility index (Phi) is 4.38. The summed E-state index contributed by atoms with van der Waals surface area (Å²) in [5.41, 5.74) is 2.77. The highest BCUT2D eigenvalue weighted by Gasteiger charge is 2.23. The molecular weight excluding hydrogens is 246 g/mol. The van der Waals surface area contributed by atoms with Gasteiger partial charge in [-0.25, -0.2) is 0 Å². The van der Waals surface area contributed by atoms with Crippen molar-refractivity contribution in [3.8, 4) is 0 Å². The molecule has 104 valence electrons. The van der Waals surface area contributed by atoms with E-state index in [9.17, 15) is 0 Å². The van der Waals surface area contributed by atoms with E-state index in [4.69, 9.17) is 0 Å². The molecule has 0 amide bonds. The lowest BCUT2D eigenvalue weighted by Gasteiger charge is -2.24. The van der Waals surface area contributed by atoms with E-state index in [-0.39, 0.29) is 0 Å². The van der Waals surface area contributed by atoms with Crippen molar-refractivity contribution in [1.82, 2.24) is 14.9 Å². The summed E-state index contributed by atoms with van der Waals surface area (Å²) in [6.45, 7) is 2.28. The van der Waals surface area contributed by atoms with Gasteiger partial charge in [-0.15, -0.1) is 0 Å². The van der Waals surface area contributed by atoms with Crippen LogP contribution in [0.5, 0.6) is 0 Å². The fraction of sp³-hybridized carbons (Fsp3) is 0.412. The quantitative estimate of drug-likeness (QED) is 0.833. The van der Waals surface area contributed by atoms with E-state index in [0.717, 1.165) is 19.0 Å². The van der Waals surface area contributed by atoms with Gasteiger partial charge in [0.2, 0.25) is 0 Å². The number of hydrogen-bond acceptors (Lipinski definition) is 3. The van der Waals surface area contributed by atoms with Gasteiger partial charge in [-0.05, 0) is 67.6 Å². The van der Waals surface area contributed by atoms with Crippen LogP contribution in [-0.4, -0.2) is 27.5 Å². The fourth-order valence-electron chi connectivity index (χ4n) is 3.04. The summed E-state index contributed by atoms with van der Waals surface area (Å²) in [6.07, 6.45) is 12.6. The molecule has 1 saturated heterocycles. The van der Waals surface area contributed by atoms with Crippen LogP contribution in [0, 0.1) is 0 Å². The standard InChI is InChI=1S/C17H21N3/c1-2-17(4-3-15-5-9-18-10-6-15)20(13-1)14-16-7-11-19-12-8-16/h5-12,17H,1-4,13-14H2/t17-/m1/s1. The Labute approximate surface area is 120 Å². The van der Waals surface area contributed by atoms with Crippen molar-refractivity contribution in [3.05, 3.63) is 60.2 Å². The van der Waals surface area contributed by atoms with Gasteiger partial charge in [0, 0.05) is 37.4 Å². The number of aryl methyl sites for hydroxylation is 1.